The first-order valence-electron chi connectivity index (χ1n) is 25.8. The predicted octanol–water partition coefficient (Wildman–Crippen LogP) is 5.28. The van der Waals surface area contributed by atoms with Gasteiger partial charge in [-0.1, -0.05) is 25.4 Å². The lowest BCUT2D eigenvalue weighted by atomic mass is 10.1. The van der Waals surface area contributed by atoms with E-state index < -0.39 is 0 Å². The highest BCUT2D eigenvalue weighted by Crippen LogP contribution is 2.27. The van der Waals surface area contributed by atoms with E-state index in [-0.39, 0.29) is 53.1 Å². The Morgan fingerprint density at radius 3 is 1.47 bits per heavy atom. The number of aromatic nitrogens is 6. The van der Waals surface area contributed by atoms with E-state index in [0.717, 1.165) is 106 Å². The van der Waals surface area contributed by atoms with Crippen molar-refractivity contribution in [3.8, 4) is 0 Å². The molecule has 2 amide bonds. The number of likely N-dealkylation sites (tertiary alicyclic amines) is 2. The molecular formula is C53H70ClN11O8. The average Bonchev–Trinajstić information content (AvgIpc) is 4.20. The molecule has 0 bridgehead atoms. The normalized spacial score (nSPS) is 14.6. The maximum atomic E-state index is 13.2. The summed E-state index contributed by atoms with van der Waals surface area (Å²) in [6, 6.07) is 7.43. The summed E-state index contributed by atoms with van der Waals surface area (Å²) in [5.41, 5.74) is 9.00. The van der Waals surface area contributed by atoms with Crippen LogP contribution in [0.25, 0.3) is 0 Å². The van der Waals surface area contributed by atoms with Gasteiger partial charge < -0.3 is 25.1 Å². The van der Waals surface area contributed by atoms with Crippen molar-refractivity contribution in [2.24, 2.45) is 15.7 Å². The average molecular weight is 1020 g/mol. The van der Waals surface area contributed by atoms with Gasteiger partial charge in [0.2, 0.25) is 11.8 Å². The van der Waals surface area contributed by atoms with Crippen molar-refractivity contribution >= 4 is 58.0 Å². The fraction of sp³-hybridized carbons (Fsp3) is 0.547. The molecule has 0 atom stereocenters. The molecule has 4 aromatic rings. The van der Waals surface area contributed by atoms with Gasteiger partial charge in [-0.25, -0.2) is 24.6 Å². The van der Waals surface area contributed by atoms with Gasteiger partial charge in [-0.2, -0.15) is 0 Å². The number of carbonyl (C=O) groups excluding carboxylic acids is 4. The lowest BCUT2D eigenvalue weighted by Gasteiger charge is -2.14. The smallest absolute Gasteiger partial charge is 0.332 e. The number of carbonyl (C=O) groups is 4. The van der Waals surface area contributed by atoms with Gasteiger partial charge in [0.15, 0.2) is 0 Å². The van der Waals surface area contributed by atoms with Crippen LogP contribution in [0.15, 0.2) is 65.8 Å². The second kappa shape index (κ2) is 27.0. The fourth-order valence-corrected chi connectivity index (χ4v) is 9.45. The number of amides is 2. The molecule has 0 radical (unpaired) electrons. The summed E-state index contributed by atoms with van der Waals surface area (Å²) < 4.78 is 5.63. The third-order valence-electron chi connectivity index (χ3n) is 13.2. The topological polar surface area (TPSA) is 239 Å². The van der Waals surface area contributed by atoms with E-state index in [4.69, 9.17) is 22.3 Å². The van der Waals surface area contributed by atoms with Crippen LogP contribution in [0.1, 0.15) is 139 Å². The summed E-state index contributed by atoms with van der Waals surface area (Å²) in [6.07, 6.45) is 14.3. The fourth-order valence-electron chi connectivity index (χ4n) is 9.34. The Morgan fingerprint density at radius 2 is 1.07 bits per heavy atom. The minimum atomic E-state index is -0.372. The van der Waals surface area contributed by atoms with E-state index in [0.29, 0.717) is 104 Å². The first-order chi connectivity index (χ1) is 35.1. The highest BCUT2D eigenvalue weighted by molar-refractivity contribution is 6.29. The summed E-state index contributed by atoms with van der Waals surface area (Å²) in [5, 5.41) is 0.380. The highest BCUT2D eigenvalue weighted by Gasteiger charge is 2.28. The number of hydrogen-bond donors (Lipinski definition) is 1. The van der Waals surface area contributed by atoms with Gasteiger partial charge in [-0.15, -0.1) is 0 Å². The lowest BCUT2D eigenvalue weighted by molar-refractivity contribution is -0.128. The number of nitrogens with two attached hydrogens (primary N) is 1. The number of ketones is 2. The van der Waals surface area contributed by atoms with Crippen LogP contribution in [-0.4, -0.2) is 106 Å². The third-order valence-corrected chi connectivity index (χ3v) is 13.4. The number of Topliss-reactive ketones (excluding diaryl/α,β-unsaturated/α-hetero) is 2. The molecule has 4 aliphatic rings. The maximum Gasteiger partial charge on any atom is 0.332 e. The van der Waals surface area contributed by atoms with Crippen molar-refractivity contribution in [2.45, 2.75) is 157 Å². The zero-order chi connectivity index (χ0) is 52.6. The summed E-state index contributed by atoms with van der Waals surface area (Å²) in [4.78, 5) is 119. The van der Waals surface area contributed by atoms with E-state index >= 15 is 0 Å². The highest BCUT2D eigenvalue weighted by atomic mass is 35.5. The van der Waals surface area contributed by atoms with Crippen molar-refractivity contribution in [3.05, 3.63) is 111 Å². The Labute approximate surface area is 430 Å². The molecule has 73 heavy (non-hydrogen) atoms. The number of fused-ring (bicyclic) bond motifs is 2. The summed E-state index contributed by atoms with van der Waals surface area (Å²) in [7, 11) is 0. The molecule has 2 N–H and O–H groups in total. The number of nitrogens with zero attached hydrogens (tertiary/aromatic N) is 10. The van der Waals surface area contributed by atoms with Crippen LogP contribution < -0.4 is 28.2 Å². The molecule has 0 spiro atoms. The molecule has 0 aromatic carbocycles. The second-order valence-electron chi connectivity index (χ2n) is 18.9. The molecule has 19 nitrogen and oxygen atoms in total. The zero-order valence-corrected chi connectivity index (χ0v) is 43.6. The molecule has 8 heterocycles. The SMILES string of the molecule is CCCn1c2c(c(=O)n(CCCC(C)=O)c1=O)CC(c1ccc(CCCCN3CCCC3=O)nc1)=N2.CCCn1c2c(c(=O)n(CCCC(C)=O)c1=O)CC(c1ccc(Cl)nc1)=N2.NCCCN1CCCC1=O. The molecule has 2 fully saturated rings. The molecule has 2 saturated heterocycles. The molecule has 0 saturated carbocycles. The molecule has 0 aliphatic carbocycles. The number of pyridine rings is 2. The van der Waals surface area contributed by atoms with Gasteiger partial charge >= 0.3 is 11.4 Å². The van der Waals surface area contributed by atoms with Gasteiger partial charge in [0, 0.05) is 120 Å². The Hall–Kier alpha value is -6.47. The number of aryl methyl sites for hydroxylation is 1. The van der Waals surface area contributed by atoms with Crippen LogP contribution in [0.3, 0.4) is 0 Å². The van der Waals surface area contributed by atoms with E-state index in [1.54, 1.807) is 33.7 Å². The first kappa shape index (κ1) is 55.8. The molecular weight excluding hydrogens is 954 g/mol. The zero-order valence-electron chi connectivity index (χ0n) is 42.8. The van der Waals surface area contributed by atoms with E-state index in [9.17, 15) is 38.4 Å². The van der Waals surface area contributed by atoms with Crippen molar-refractivity contribution < 1.29 is 19.2 Å². The van der Waals surface area contributed by atoms with Crippen molar-refractivity contribution in [2.75, 3.05) is 32.7 Å². The van der Waals surface area contributed by atoms with E-state index in [1.807, 2.05) is 35.8 Å². The van der Waals surface area contributed by atoms with Gasteiger partial charge in [0.25, 0.3) is 11.1 Å². The Bertz CT molecular complexity index is 2940. The minimum Gasteiger partial charge on any atom is -0.343 e. The molecule has 0 unspecified atom stereocenters. The van der Waals surface area contributed by atoms with Crippen molar-refractivity contribution in [1.82, 2.24) is 38.0 Å². The largest absolute Gasteiger partial charge is 0.343 e. The number of aliphatic imine (C=N–C) groups is 2. The third kappa shape index (κ3) is 14.6. The minimum absolute atomic E-state index is 0.0407. The van der Waals surface area contributed by atoms with Crippen LogP contribution in [0.2, 0.25) is 5.15 Å². The molecule has 20 heteroatoms. The Kier molecular flexibility index (Phi) is 20.7. The second-order valence-corrected chi connectivity index (χ2v) is 19.3. The van der Waals surface area contributed by atoms with Crippen LogP contribution in [0, 0.1) is 0 Å². The van der Waals surface area contributed by atoms with Crippen LogP contribution >= 0.6 is 11.6 Å². The Morgan fingerprint density at radius 1 is 0.589 bits per heavy atom. The van der Waals surface area contributed by atoms with Crippen LogP contribution in [-0.2, 0) is 64.6 Å². The summed E-state index contributed by atoms with van der Waals surface area (Å²) >= 11 is 5.84. The molecule has 392 valence electrons. The summed E-state index contributed by atoms with van der Waals surface area (Å²) in [6.45, 7) is 12.6. The number of hydrogen-bond acceptors (Lipinski definition) is 13. The lowest BCUT2D eigenvalue weighted by Crippen LogP contribution is -2.41. The quantitative estimate of drug-likeness (QED) is 0.0785. The molecule has 4 aliphatic heterocycles. The number of unbranched alkanes of at least 4 members (excludes halogenated alkanes) is 1. The van der Waals surface area contributed by atoms with Crippen LogP contribution in [0.5, 0.6) is 0 Å². The standard InChI is InChI=1S/C27H35N5O4.C19H21ClN4O3.C7H14N2O/c1-3-13-31-25-22(26(35)32(27(31)36)16-6-8-19(2)33)17-23(29-25)20-11-12-21(28-18-20)9-4-5-14-30-15-7-10-24(30)34;1-3-8-23-17-14(10-15(22-17)13-6-7-16(20)21-11-13)18(26)24(19(23)27)9-4-5-12(2)25;8-4-2-6-9-5-1-3-7(9)10/h11-12,18H,3-10,13-17H2,1-2H3;6-7,11H,3-5,8-10H2,1-2H3;1-6,8H2. The van der Waals surface area contributed by atoms with Crippen molar-refractivity contribution in [1.29, 1.82) is 0 Å². The van der Waals surface area contributed by atoms with Gasteiger partial charge in [0.1, 0.15) is 28.4 Å². The number of halogens is 1. The van der Waals surface area contributed by atoms with Gasteiger partial charge in [-0.3, -0.25) is 42.4 Å². The number of rotatable bonds is 22. The molecule has 8 rings (SSSR count). The maximum absolute atomic E-state index is 13.2. The first-order valence-corrected chi connectivity index (χ1v) is 26.2. The van der Waals surface area contributed by atoms with E-state index in [2.05, 4.69) is 15.0 Å². The Balaban J connectivity index is 0.000000205. The predicted molar refractivity (Wildman–Crippen MR) is 282 cm³/mol. The molecule has 4 aromatic heterocycles. The van der Waals surface area contributed by atoms with E-state index in [1.165, 1.54) is 23.0 Å². The monoisotopic (exact) mass is 1020 g/mol. The van der Waals surface area contributed by atoms with Crippen molar-refractivity contribution in [3.63, 3.8) is 0 Å². The van der Waals surface area contributed by atoms with Gasteiger partial charge in [0.05, 0.1) is 22.6 Å². The van der Waals surface area contributed by atoms with Crippen LogP contribution in [0.4, 0.5) is 11.6 Å². The summed E-state index contributed by atoms with van der Waals surface area (Å²) in [5.74, 6) is 1.53. The van der Waals surface area contributed by atoms with Gasteiger partial charge in [-0.05, 0) is 109 Å².